The molecular formula is C28H27N3O4S. The molecule has 0 aliphatic carbocycles. The number of fused-ring (bicyclic) bond motifs is 2. The molecule has 0 bridgehead atoms. The van der Waals surface area contributed by atoms with E-state index in [4.69, 9.17) is 0 Å². The number of nitrogens with zero attached hydrogens (tertiary/aromatic N) is 2. The second kappa shape index (κ2) is 9.62. The second-order valence-corrected chi connectivity index (χ2v) is 10.8. The molecule has 1 atom stereocenters. The summed E-state index contributed by atoms with van der Waals surface area (Å²) in [5, 5.41) is 2.87. The fourth-order valence-corrected chi connectivity index (χ4v) is 6.42. The third-order valence-corrected chi connectivity index (χ3v) is 8.64. The van der Waals surface area contributed by atoms with Crippen molar-refractivity contribution in [2.75, 3.05) is 17.4 Å². The van der Waals surface area contributed by atoms with Gasteiger partial charge in [0.2, 0.25) is 5.91 Å². The zero-order valence-electron chi connectivity index (χ0n) is 19.8. The summed E-state index contributed by atoms with van der Waals surface area (Å²) in [4.78, 5) is 26.9. The summed E-state index contributed by atoms with van der Waals surface area (Å²) in [7, 11) is -3.86. The van der Waals surface area contributed by atoms with Crippen LogP contribution in [0.1, 0.15) is 39.5 Å². The predicted molar refractivity (Wildman–Crippen MR) is 138 cm³/mol. The Morgan fingerprint density at radius 1 is 0.917 bits per heavy atom. The highest BCUT2D eigenvalue weighted by Crippen LogP contribution is 2.37. The summed E-state index contributed by atoms with van der Waals surface area (Å²) in [6, 6.07) is 21.1. The van der Waals surface area contributed by atoms with Crippen molar-refractivity contribution >= 4 is 27.5 Å². The number of nitrogens with one attached hydrogen (secondary N) is 1. The van der Waals surface area contributed by atoms with Gasteiger partial charge in [-0.1, -0.05) is 49.0 Å². The van der Waals surface area contributed by atoms with Crippen LogP contribution in [0.2, 0.25) is 0 Å². The van der Waals surface area contributed by atoms with Crippen molar-refractivity contribution < 1.29 is 18.0 Å². The van der Waals surface area contributed by atoms with Crippen molar-refractivity contribution in [1.82, 2.24) is 10.2 Å². The molecule has 2 aliphatic heterocycles. The van der Waals surface area contributed by atoms with E-state index in [1.54, 1.807) is 29.2 Å². The Morgan fingerprint density at radius 2 is 1.61 bits per heavy atom. The Hall–Kier alpha value is -3.91. The van der Waals surface area contributed by atoms with Gasteiger partial charge in [0.05, 0.1) is 16.6 Å². The molecule has 5 rings (SSSR count). The van der Waals surface area contributed by atoms with E-state index in [2.05, 4.69) is 18.0 Å². The van der Waals surface area contributed by atoms with Crippen molar-refractivity contribution in [3.8, 4) is 0 Å². The van der Waals surface area contributed by atoms with Crippen molar-refractivity contribution in [1.29, 1.82) is 0 Å². The molecule has 0 spiro atoms. The quantitative estimate of drug-likeness (QED) is 0.539. The number of anilines is 1. The zero-order valence-corrected chi connectivity index (χ0v) is 20.6. The average Bonchev–Trinajstić information content (AvgIpc) is 2.92. The fourth-order valence-electron chi connectivity index (χ4n) is 4.91. The first-order valence-electron chi connectivity index (χ1n) is 11.9. The average molecular weight is 502 g/mol. The molecular weight excluding hydrogens is 474 g/mol. The van der Waals surface area contributed by atoms with E-state index in [9.17, 15) is 18.0 Å². The molecule has 0 aromatic heterocycles. The van der Waals surface area contributed by atoms with E-state index in [-0.39, 0.29) is 29.3 Å². The molecule has 36 heavy (non-hydrogen) atoms. The summed E-state index contributed by atoms with van der Waals surface area (Å²) in [6.07, 6.45) is 2.44. The van der Waals surface area contributed by atoms with E-state index in [1.807, 2.05) is 30.3 Å². The summed E-state index contributed by atoms with van der Waals surface area (Å²) in [6.45, 7) is 4.88. The van der Waals surface area contributed by atoms with Crippen LogP contribution in [0.15, 0.2) is 90.3 Å². The predicted octanol–water partition coefficient (Wildman–Crippen LogP) is 3.83. The van der Waals surface area contributed by atoms with Gasteiger partial charge in [0.1, 0.15) is 0 Å². The van der Waals surface area contributed by atoms with E-state index in [0.717, 1.165) is 17.5 Å². The molecule has 2 aliphatic rings. The monoisotopic (exact) mass is 501 g/mol. The molecule has 1 N–H and O–H groups in total. The lowest BCUT2D eigenvalue weighted by Crippen LogP contribution is -2.40. The molecule has 0 saturated heterocycles. The van der Waals surface area contributed by atoms with E-state index in [0.29, 0.717) is 30.8 Å². The highest BCUT2D eigenvalue weighted by molar-refractivity contribution is 7.92. The number of rotatable bonds is 5. The summed E-state index contributed by atoms with van der Waals surface area (Å²) < 4.78 is 28.5. The van der Waals surface area contributed by atoms with Gasteiger partial charge in [-0.15, -0.1) is 0 Å². The van der Waals surface area contributed by atoms with Crippen molar-refractivity contribution in [3.05, 3.63) is 108 Å². The van der Waals surface area contributed by atoms with Crippen molar-refractivity contribution in [2.45, 2.75) is 30.3 Å². The highest BCUT2D eigenvalue weighted by atomic mass is 32.2. The molecule has 0 saturated carbocycles. The molecule has 184 valence electrons. The van der Waals surface area contributed by atoms with Crippen LogP contribution in [-0.2, 0) is 27.8 Å². The number of hydrogen-bond donors (Lipinski definition) is 1. The minimum absolute atomic E-state index is 0.113. The topological polar surface area (TPSA) is 86.8 Å². The third-order valence-electron chi connectivity index (χ3n) is 6.81. The molecule has 3 aromatic carbocycles. The number of sulfonamides is 1. The van der Waals surface area contributed by atoms with Crippen LogP contribution in [0.25, 0.3) is 0 Å². The maximum atomic E-state index is 13.6. The van der Waals surface area contributed by atoms with Crippen LogP contribution in [0.3, 0.4) is 0 Å². The van der Waals surface area contributed by atoms with E-state index < -0.39 is 10.0 Å². The standard InChI is InChI=1S/C28H27N3O4S/c1-2-27(32)29-25-16-18-31(26-10-6-5-9-24(25)26)36(34,35)23-13-11-21(12-14-23)28(33)30-17-15-20-7-3-4-8-22(20)19-30/h2-14,25H,1,15-19H2,(H,29,32). The lowest BCUT2D eigenvalue weighted by atomic mass is 9.98. The van der Waals surface area contributed by atoms with Crippen molar-refractivity contribution in [3.63, 3.8) is 0 Å². The molecule has 1 unspecified atom stereocenters. The van der Waals surface area contributed by atoms with Gasteiger partial charge in [-0.05, 0) is 65.9 Å². The Balaban J connectivity index is 1.36. The smallest absolute Gasteiger partial charge is 0.264 e. The number of carbonyl (C=O) groups is 2. The van der Waals surface area contributed by atoms with Gasteiger partial charge in [-0.25, -0.2) is 8.42 Å². The van der Waals surface area contributed by atoms with E-state index >= 15 is 0 Å². The fraction of sp³-hybridized carbons (Fsp3) is 0.214. The van der Waals surface area contributed by atoms with Gasteiger partial charge in [0.25, 0.3) is 15.9 Å². The first kappa shape index (κ1) is 23.8. The highest BCUT2D eigenvalue weighted by Gasteiger charge is 2.33. The van der Waals surface area contributed by atoms with Gasteiger partial charge in [0, 0.05) is 25.2 Å². The van der Waals surface area contributed by atoms with Gasteiger partial charge < -0.3 is 10.2 Å². The molecule has 7 nitrogen and oxygen atoms in total. The maximum Gasteiger partial charge on any atom is 0.264 e. The van der Waals surface area contributed by atoms with Gasteiger partial charge in [-0.2, -0.15) is 0 Å². The normalized spacial score (nSPS) is 17.1. The van der Waals surface area contributed by atoms with Crippen LogP contribution in [-0.4, -0.2) is 38.2 Å². The van der Waals surface area contributed by atoms with Crippen LogP contribution >= 0.6 is 0 Å². The minimum Gasteiger partial charge on any atom is -0.346 e. The van der Waals surface area contributed by atoms with Gasteiger partial charge >= 0.3 is 0 Å². The first-order chi connectivity index (χ1) is 17.4. The zero-order chi connectivity index (χ0) is 25.3. The first-order valence-corrected chi connectivity index (χ1v) is 13.3. The molecule has 0 radical (unpaired) electrons. The molecule has 3 aromatic rings. The number of carbonyl (C=O) groups excluding carboxylic acids is 2. The lowest BCUT2D eigenvalue weighted by Gasteiger charge is -2.35. The van der Waals surface area contributed by atoms with E-state index in [1.165, 1.54) is 28.1 Å². The number of para-hydroxylation sites is 1. The van der Waals surface area contributed by atoms with Gasteiger partial charge in [-0.3, -0.25) is 13.9 Å². The molecule has 8 heteroatoms. The second-order valence-electron chi connectivity index (χ2n) is 8.96. The summed E-state index contributed by atoms with van der Waals surface area (Å²) >= 11 is 0. The molecule has 0 fully saturated rings. The third kappa shape index (κ3) is 4.40. The van der Waals surface area contributed by atoms with Crippen LogP contribution in [0.4, 0.5) is 5.69 Å². The molecule has 2 amide bonds. The lowest BCUT2D eigenvalue weighted by molar-refractivity contribution is -0.117. The SMILES string of the molecule is C=CC(=O)NC1CCN(S(=O)(=O)c2ccc(C(=O)N3CCc4ccccc4C3)cc2)c2ccccc21. The van der Waals surface area contributed by atoms with Crippen LogP contribution in [0.5, 0.6) is 0 Å². The Labute approximate surface area is 211 Å². The number of benzene rings is 3. The summed E-state index contributed by atoms with van der Waals surface area (Å²) in [5.41, 5.74) is 4.13. The Morgan fingerprint density at radius 3 is 2.36 bits per heavy atom. The Kier molecular flexibility index (Phi) is 6.36. The van der Waals surface area contributed by atoms with Crippen LogP contribution in [0, 0.1) is 0 Å². The summed E-state index contributed by atoms with van der Waals surface area (Å²) in [5.74, 6) is -0.416. The number of amides is 2. The maximum absolute atomic E-state index is 13.6. The van der Waals surface area contributed by atoms with Crippen LogP contribution < -0.4 is 9.62 Å². The Bertz CT molecular complexity index is 1430. The van der Waals surface area contributed by atoms with Crippen molar-refractivity contribution in [2.24, 2.45) is 0 Å². The number of hydrogen-bond acceptors (Lipinski definition) is 4. The minimum atomic E-state index is -3.86. The largest absolute Gasteiger partial charge is 0.346 e. The molecule has 2 heterocycles. The van der Waals surface area contributed by atoms with Gasteiger partial charge in [0.15, 0.2) is 0 Å².